The number of hydrogen-bond donors (Lipinski definition) is 1. The minimum absolute atomic E-state index is 0.213. The molecule has 1 saturated carbocycles. The fourth-order valence-electron chi connectivity index (χ4n) is 2.66. The van der Waals surface area contributed by atoms with Gasteiger partial charge in [0.1, 0.15) is 5.75 Å². The first-order chi connectivity index (χ1) is 11.3. The van der Waals surface area contributed by atoms with Crippen molar-refractivity contribution in [3.8, 4) is 5.75 Å². The Morgan fingerprint density at radius 2 is 1.79 bits per heavy atom. The third-order valence-corrected chi connectivity index (χ3v) is 3.88. The zero-order chi connectivity index (χ0) is 17.6. The Balaban J connectivity index is 1.73. The maximum Gasteiger partial charge on any atom is 0.522 e. The van der Waals surface area contributed by atoms with E-state index < -0.39 is 18.4 Å². The highest BCUT2D eigenvalue weighted by molar-refractivity contribution is 5.85. The molecule has 0 aliphatic heterocycles. The molecule has 0 radical (unpaired) electrons. The van der Waals surface area contributed by atoms with Gasteiger partial charge in [-0.3, -0.25) is 4.74 Å². The van der Waals surface area contributed by atoms with Crippen LogP contribution in [-0.2, 0) is 9.53 Å². The molecule has 7 heteroatoms. The fraction of sp³-hybridized carbons (Fsp3) is 0.471. The van der Waals surface area contributed by atoms with E-state index in [1.54, 1.807) is 24.3 Å². The molecule has 4 nitrogen and oxygen atoms in total. The van der Waals surface area contributed by atoms with Gasteiger partial charge in [-0.15, -0.1) is 13.2 Å². The molecule has 0 amide bonds. The van der Waals surface area contributed by atoms with Crippen LogP contribution < -0.4 is 4.74 Å². The number of alkyl halides is 3. The lowest BCUT2D eigenvalue weighted by Gasteiger charge is -2.28. The number of carboxylic acid groups (broad SMARTS) is 1. The molecule has 0 heterocycles. The maximum absolute atomic E-state index is 12.2. The molecular formula is C17H19F3O4. The van der Waals surface area contributed by atoms with Crippen LogP contribution in [0, 0.1) is 5.92 Å². The zero-order valence-corrected chi connectivity index (χ0v) is 13.0. The van der Waals surface area contributed by atoms with Gasteiger partial charge in [0.05, 0.1) is 12.7 Å². The number of carboxylic acids is 1. The van der Waals surface area contributed by atoms with Gasteiger partial charge in [-0.05, 0) is 55.4 Å². The fourth-order valence-corrected chi connectivity index (χ4v) is 2.66. The number of carbonyl (C=O) groups is 1. The van der Waals surface area contributed by atoms with E-state index in [2.05, 4.69) is 4.74 Å². The van der Waals surface area contributed by atoms with Gasteiger partial charge in [-0.25, -0.2) is 4.79 Å². The second-order valence-corrected chi connectivity index (χ2v) is 5.76. The third kappa shape index (κ3) is 6.62. The molecule has 132 valence electrons. The summed E-state index contributed by atoms with van der Waals surface area (Å²) in [6.45, 7) is 0.447. The van der Waals surface area contributed by atoms with Gasteiger partial charge >= 0.3 is 12.3 Å². The van der Waals surface area contributed by atoms with Gasteiger partial charge in [-0.2, -0.15) is 0 Å². The van der Waals surface area contributed by atoms with Crippen LogP contribution in [-0.4, -0.2) is 30.1 Å². The Hall–Kier alpha value is -2.02. The summed E-state index contributed by atoms with van der Waals surface area (Å²) in [6, 6.07) is 6.95. The molecule has 0 atom stereocenters. The van der Waals surface area contributed by atoms with E-state index in [0.29, 0.717) is 38.0 Å². The Bertz CT molecular complexity index is 558. The van der Waals surface area contributed by atoms with Crippen LogP contribution in [0.4, 0.5) is 13.2 Å². The van der Waals surface area contributed by atoms with Crippen molar-refractivity contribution in [3.63, 3.8) is 0 Å². The molecule has 1 aliphatic rings. The first-order valence-corrected chi connectivity index (χ1v) is 7.70. The van der Waals surface area contributed by atoms with Crippen molar-refractivity contribution in [2.45, 2.75) is 38.1 Å². The SMILES string of the molecule is O=C(O)C=Cc1ccc(OCC2CCC(OC(F)(F)F)CC2)cc1. The molecule has 0 spiro atoms. The molecule has 0 unspecified atom stereocenters. The Morgan fingerprint density at radius 1 is 1.17 bits per heavy atom. The lowest BCUT2D eigenvalue weighted by atomic mass is 9.88. The van der Waals surface area contributed by atoms with E-state index in [1.807, 2.05) is 0 Å². The van der Waals surface area contributed by atoms with Crippen molar-refractivity contribution in [2.75, 3.05) is 6.61 Å². The van der Waals surface area contributed by atoms with Gasteiger partial charge in [0, 0.05) is 6.08 Å². The number of hydrogen-bond acceptors (Lipinski definition) is 3. The van der Waals surface area contributed by atoms with Crippen molar-refractivity contribution < 1.29 is 32.5 Å². The molecule has 24 heavy (non-hydrogen) atoms. The minimum Gasteiger partial charge on any atom is -0.493 e. The van der Waals surface area contributed by atoms with Crippen LogP contribution in [0.3, 0.4) is 0 Å². The molecule has 1 aromatic rings. The van der Waals surface area contributed by atoms with Gasteiger partial charge < -0.3 is 9.84 Å². The Kier molecular flexibility index (Phi) is 6.25. The summed E-state index contributed by atoms with van der Waals surface area (Å²) in [7, 11) is 0. The normalized spacial score (nSPS) is 21.8. The summed E-state index contributed by atoms with van der Waals surface area (Å²) in [5, 5.41) is 8.56. The maximum atomic E-state index is 12.2. The molecule has 1 N–H and O–H groups in total. The average Bonchev–Trinajstić information content (AvgIpc) is 2.52. The first kappa shape index (κ1) is 18.3. The predicted molar refractivity (Wildman–Crippen MR) is 81.5 cm³/mol. The molecule has 2 rings (SSSR count). The largest absolute Gasteiger partial charge is 0.522 e. The number of halogens is 3. The van der Waals surface area contributed by atoms with Crippen molar-refractivity contribution in [3.05, 3.63) is 35.9 Å². The Morgan fingerprint density at radius 3 is 2.33 bits per heavy atom. The van der Waals surface area contributed by atoms with Gasteiger partial charge in [0.15, 0.2) is 0 Å². The second kappa shape index (κ2) is 8.19. The molecule has 1 aromatic carbocycles. The lowest BCUT2D eigenvalue weighted by molar-refractivity contribution is -0.345. The highest BCUT2D eigenvalue weighted by Crippen LogP contribution is 2.31. The standard InChI is InChI=1S/C17H19F3O4/c18-17(19,20)24-15-8-3-13(4-9-15)11-23-14-6-1-12(2-7-14)5-10-16(21)22/h1-2,5-7,10,13,15H,3-4,8-9,11H2,(H,21,22). The van der Waals surface area contributed by atoms with Crippen molar-refractivity contribution in [1.29, 1.82) is 0 Å². The van der Waals surface area contributed by atoms with Crippen LogP contribution in [0.2, 0.25) is 0 Å². The van der Waals surface area contributed by atoms with Crippen LogP contribution in [0.1, 0.15) is 31.2 Å². The van der Waals surface area contributed by atoms with E-state index in [0.717, 1.165) is 11.6 Å². The van der Waals surface area contributed by atoms with Crippen molar-refractivity contribution in [2.24, 2.45) is 5.92 Å². The van der Waals surface area contributed by atoms with Crippen LogP contribution in [0.15, 0.2) is 30.3 Å². The molecule has 0 aromatic heterocycles. The highest BCUT2D eigenvalue weighted by Gasteiger charge is 2.35. The van der Waals surface area contributed by atoms with Crippen molar-refractivity contribution >= 4 is 12.0 Å². The van der Waals surface area contributed by atoms with Crippen molar-refractivity contribution in [1.82, 2.24) is 0 Å². The van der Waals surface area contributed by atoms with Gasteiger partial charge in [0.2, 0.25) is 0 Å². The number of aliphatic carboxylic acids is 1. The summed E-state index contributed by atoms with van der Waals surface area (Å²) in [5.41, 5.74) is 0.745. The summed E-state index contributed by atoms with van der Waals surface area (Å²) in [4.78, 5) is 10.4. The molecule has 0 bridgehead atoms. The monoisotopic (exact) mass is 344 g/mol. The second-order valence-electron chi connectivity index (χ2n) is 5.76. The van der Waals surface area contributed by atoms with E-state index in [4.69, 9.17) is 9.84 Å². The minimum atomic E-state index is -4.56. The van der Waals surface area contributed by atoms with E-state index in [9.17, 15) is 18.0 Å². The third-order valence-electron chi connectivity index (χ3n) is 3.88. The van der Waals surface area contributed by atoms with E-state index >= 15 is 0 Å². The number of benzene rings is 1. The van der Waals surface area contributed by atoms with Crippen LogP contribution in [0.5, 0.6) is 5.75 Å². The molecule has 1 aliphatic carbocycles. The van der Waals surface area contributed by atoms with Gasteiger partial charge in [-0.1, -0.05) is 12.1 Å². The topological polar surface area (TPSA) is 55.8 Å². The smallest absolute Gasteiger partial charge is 0.493 e. The zero-order valence-electron chi connectivity index (χ0n) is 13.0. The van der Waals surface area contributed by atoms with E-state index in [1.165, 1.54) is 6.08 Å². The summed E-state index contributed by atoms with van der Waals surface area (Å²) in [5.74, 6) is -0.152. The average molecular weight is 344 g/mol. The van der Waals surface area contributed by atoms with E-state index in [-0.39, 0.29) is 5.92 Å². The number of rotatable bonds is 6. The highest BCUT2D eigenvalue weighted by atomic mass is 19.4. The first-order valence-electron chi connectivity index (χ1n) is 7.70. The van der Waals surface area contributed by atoms with Gasteiger partial charge in [0.25, 0.3) is 0 Å². The summed E-state index contributed by atoms with van der Waals surface area (Å²) < 4.78 is 46.2. The molecule has 0 saturated heterocycles. The lowest BCUT2D eigenvalue weighted by Crippen LogP contribution is -2.29. The molecular weight excluding hydrogens is 325 g/mol. The quantitative estimate of drug-likeness (QED) is 0.784. The molecule has 1 fully saturated rings. The van der Waals surface area contributed by atoms with Crippen LogP contribution >= 0.6 is 0 Å². The van der Waals surface area contributed by atoms with Crippen LogP contribution in [0.25, 0.3) is 6.08 Å². The predicted octanol–water partition coefficient (Wildman–Crippen LogP) is 4.26. The Labute approximate surface area is 137 Å². The number of ether oxygens (including phenoxy) is 2. The summed E-state index contributed by atoms with van der Waals surface area (Å²) >= 11 is 0. The summed E-state index contributed by atoms with van der Waals surface area (Å²) in [6.07, 6.45) is -0.739.